The first kappa shape index (κ1) is 65.3. The molecule has 2 rings (SSSR count). The van der Waals surface area contributed by atoms with Gasteiger partial charge >= 0.3 is 0 Å². The molecule has 0 saturated carbocycles. The molecule has 0 aromatic carbocycles. The van der Waals surface area contributed by atoms with E-state index in [4.69, 9.17) is 18.9 Å². The van der Waals surface area contributed by atoms with E-state index in [1.54, 1.807) is 6.08 Å². The number of hydrogen-bond acceptors (Lipinski definition) is 13. The summed E-state index contributed by atoms with van der Waals surface area (Å²) in [7, 11) is 0. The molecule has 2 aliphatic rings. The highest BCUT2D eigenvalue weighted by atomic mass is 16.7. The lowest BCUT2D eigenvalue weighted by Gasteiger charge is -2.46. The molecule has 2 saturated heterocycles. The molecule has 0 radical (unpaired) electrons. The fourth-order valence-corrected chi connectivity index (χ4v) is 8.57. The number of carbonyl (C=O) groups is 1. The van der Waals surface area contributed by atoms with Gasteiger partial charge in [0, 0.05) is 6.42 Å². The first-order valence-electron chi connectivity index (χ1n) is 27.8. The maximum absolute atomic E-state index is 13.2. The van der Waals surface area contributed by atoms with Crippen LogP contribution in [0.3, 0.4) is 0 Å². The third-order valence-electron chi connectivity index (χ3n) is 13.1. The van der Waals surface area contributed by atoms with E-state index in [0.29, 0.717) is 12.8 Å². The Kier molecular flexibility index (Phi) is 39.4. The standard InChI is InChI=1S/C58H99NO13/c1-3-5-7-9-11-13-15-17-19-21-23-25-27-29-31-33-35-37-39-41-47(62)46(59-50(63)42-40-38-36-34-32-30-28-26-24-22-20-18-16-14-12-10-8-6-4-2)45-69-57-55(68)53(66)56(49(44-61)71-57)72-58-54(67)52(65)51(64)48(43-60)70-58/h6,8,12,14,18,20,24,26,30-33,39,41,46-49,51-58,60-62,64-68H,3-5,7,9-11,13,15-17,19,21-23,25,27-29,34-38,40,42-45H2,1-2H3,(H,59,63)/b8-6-,14-12-,20-18-,26-24-,32-30-,33-31+,41-39+. The highest BCUT2D eigenvalue weighted by Gasteiger charge is 2.51. The Hall–Kier alpha value is -2.83. The van der Waals surface area contributed by atoms with Crippen LogP contribution in [0.1, 0.15) is 181 Å². The molecule has 1 amide bonds. The number of unbranched alkanes of at least 4 members (excludes halogenated alkanes) is 17. The summed E-state index contributed by atoms with van der Waals surface area (Å²) >= 11 is 0. The average Bonchev–Trinajstić information content (AvgIpc) is 3.38. The summed E-state index contributed by atoms with van der Waals surface area (Å²) in [6.07, 6.45) is 40.5. The number of aliphatic hydroxyl groups is 8. The molecule has 0 bridgehead atoms. The van der Waals surface area contributed by atoms with E-state index in [-0.39, 0.29) is 18.9 Å². The molecule has 2 fully saturated rings. The fourth-order valence-electron chi connectivity index (χ4n) is 8.57. The smallest absolute Gasteiger partial charge is 0.220 e. The Morgan fingerprint density at radius 3 is 1.53 bits per heavy atom. The molecule has 414 valence electrons. The molecule has 14 nitrogen and oxygen atoms in total. The molecule has 2 heterocycles. The minimum Gasteiger partial charge on any atom is -0.394 e. The Morgan fingerprint density at radius 1 is 0.514 bits per heavy atom. The number of rotatable bonds is 42. The van der Waals surface area contributed by atoms with E-state index >= 15 is 0 Å². The molecule has 0 aromatic rings. The molecule has 9 N–H and O–H groups in total. The Balaban J connectivity index is 1.85. The molecular weight excluding hydrogens is 919 g/mol. The third kappa shape index (κ3) is 29.3. The van der Waals surface area contributed by atoms with Gasteiger partial charge in [0.2, 0.25) is 5.91 Å². The average molecular weight is 1020 g/mol. The first-order valence-corrected chi connectivity index (χ1v) is 27.8. The quantitative estimate of drug-likeness (QED) is 0.0207. The third-order valence-corrected chi connectivity index (χ3v) is 13.1. The van der Waals surface area contributed by atoms with Gasteiger partial charge in [0.1, 0.15) is 48.8 Å². The number of carbonyl (C=O) groups excluding carboxylic acids is 1. The van der Waals surface area contributed by atoms with Crippen molar-refractivity contribution in [2.45, 2.75) is 254 Å². The molecule has 14 heteroatoms. The van der Waals surface area contributed by atoms with Gasteiger partial charge in [-0.3, -0.25) is 4.79 Å². The van der Waals surface area contributed by atoms with Crippen LogP contribution in [0.25, 0.3) is 0 Å². The van der Waals surface area contributed by atoms with Crippen LogP contribution in [0.4, 0.5) is 0 Å². The summed E-state index contributed by atoms with van der Waals surface area (Å²) in [6.45, 7) is 2.63. The second kappa shape index (κ2) is 43.4. The van der Waals surface area contributed by atoms with E-state index in [1.807, 2.05) is 6.08 Å². The highest BCUT2D eigenvalue weighted by molar-refractivity contribution is 5.76. The van der Waals surface area contributed by atoms with Crippen LogP contribution in [-0.4, -0.2) is 140 Å². The van der Waals surface area contributed by atoms with Gasteiger partial charge in [-0.05, 0) is 77.0 Å². The summed E-state index contributed by atoms with van der Waals surface area (Å²) in [6, 6.07) is -0.954. The van der Waals surface area contributed by atoms with Crippen molar-refractivity contribution in [3.05, 3.63) is 85.1 Å². The van der Waals surface area contributed by atoms with E-state index in [0.717, 1.165) is 64.2 Å². The SMILES string of the molecule is CC/C=C\C/C=C\C/C=C\C/C=C\C/C=C\CCCCCC(=O)NC(COC1OC(CO)C(OC2OC(CO)C(O)C(O)C2O)C(O)C1O)C(O)/C=C/CC/C=C/CCCCCCCCCCCCCCC. The molecule has 0 aliphatic carbocycles. The van der Waals surface area contributed by atoms with Gasteiger partial charge in [0.05, 0.1) is 32.0 Å². The van der Waals surface area contributed by atoms with Crippen molar-refractivity contribution in [3.63, 3.8) is 0 Å². The van der Waals surface area contributed by atoms with Crippen LogP contribution in [0.15, 0.2) is 85.1 Å². The van der Waals surface area contributed by atoms with Crippen molar-refractivity contribution in [1.29, 1.82) is 0 Å². The highest BCUT2D eigenvalue weighted by Crippen LogP contribution is 2.30. The summed E-state index contributed by atoms with van der Waals surface area (Å²) in [4.78, 5) is 13.2. The maximum Gasteiger partial charge on any atom is 0.220 e. The van der Waals surface area contributed by atoms with Gasteiger partial charge in [0.15, 0.2) is 12.6 Å². The van der Waals surface area contributed by atoms with Crippen LogP contribution in [0.5, 0.6) is 0 Å². The van der Waals surface area contributed by atoms with Crippen molar-refractivity contribution in [3.8, 4) is 0 Å². The normalized spacial score (nSPS) is 26.2. The van der Waals surface area contributed by atoms with Crippen LogP contribution in [0.2, 0.25) is 0 Å². The molecule has 0 aromatic heterocycles. The second-order valence-electron chi connectivity index (χ2n) is 19.3. The van der Waals surface area contributed by atoms with Crippen LogP contribution in [0, 0.1) is 0 Å². The maximum atomic E-state index is 13.2. The molecule has 2 aliphatic heterocycles. The lowest BCUT2D eigenvalue weighted by Crippen LogP contribution is -2.65. The summed E-state index contributed by atoms with van der Waals surface area (Å²) in [5.74, 6) is -0.284. The minimum atomic E-state index is -1.80. The summed E-state index contributed by atoms with van der Waals surface area (Å²) in [5.41, 5.74) is 0. The largest absolute Gasteiger partial charge is 0.394 e. The predicted octanol–water partition coefficient (Wildman–Crippen LogP) is 8.55. The van der Waals surface area contributed by atoms with Crippen molar-refractivity contribution in [2.75, 3.05) is 19.8 Å². The summed E-state index contributed by atoms with van der Waals surface area (Å²) in [5, 5.41) is 86.9. The molecular formula is C58H99NO13. The number of aliphatic hydroxyl groups excluding tert-OH is 8. The zero-order chi connectivity index (χ0) is 52.4. The Labute approximate surface area is 433 Å². The summed E-state index contributed by atoms with van der Waals surface area (Å²) < 4.78 is 22.7. The molecule has 12 unspecified atom stereocenters. The minimum absolute atomic E-state index is 0.230. The fraction of sp³-hybridized carbons (Fsp3) is 0.741. The first-order chi connectivity index (χ1) is 35.1. The topological polar surface area (TPSA) is 228 Å². The molecule has 0 spiro atoms. The number of hydrogen-bond donors (Lipinski definition) is 9. The van der Waals surface area contributed by atoms with E-state index in [2.05, 4.69) is 92.1 Å². The van der Waals surface area contributed by atoms with Gasteiger partial charge < -0.3 is 65.1 Å². The van der Waals surface area contributed by atoms with Crippen molar-refractivity contribution >= 4 is 5.91 Å². The number of allylic oxidation sites excluding steroid dienone is 13. The van der Waals surface area contributed by atoms with E-state index in [9.17, 15) is 45.6 Å². The monoisotopic (exact) mass is 1020 g/mol. The zero-order valence-electron chi connectivity index (χ0n) is 44.1. The molecule has 12 atom stereocenters. The Morgan fingerprint density at radius 2 is 0.972 bits per heavy atom. The van der Waals surface area contributed by atoms with Gasteiger partial charge in [0.25, 0.3) is 0 Å². The lowest BCUT2D eigenvalue weighted by molar-refractivity contribution is -0.359. The molecule has 72 heavy (non-hydrogen) atoms. The van der Waals surface area contributed by atoms with Crippen LogP contribution < -0.4 is 5.32 Å². The van der Waals surface area contributed by atoms with Crippen molar-refractivity contribution in [2.24, 2.45) is 0 Å². The van der Waals surface area contributed by atoms with Crippen LogP contribution >= 0.6 is 0 Å². The van der Waals surface area contributed by atoms with E-state index < -0.39 is 86.8 Å². The number of amides is 1. The zero-order valence-corrected chi connectivity index (χ0v) is 44.1. The number of nitrogens with one attached hydrogen (secondary N) is 1. The van der Waals surface area contributed by atoms with Gasteiger partial charge in [-0.1, -0.05) is 182 Å². The Bertz CT molecular complexity index is 1530. The van der Waals surface area contributed by atoms with Gasteiger partial charge in [-0.2, -0.15) is 0 Å². The number of ether oxygens (including phenoxy) is 4. The second-order valence-corrected chi connectivity index (χ2v) is 19.3. The van der Waals surface area contributed by atoms with Crippen molar-refractivity contribution < 1.29 is 64.6 Å². The van der Waals surface area contributed by atoms with Crippen LogP contribution in [-0.2, 0) is 23.7 Å². The van der Waals surface area contributed by atoms with Gasteiger partial charge in [-0.15, -0.1) is 0 Å². The lowest BCUT2D eigenvalue weighted by atomic mass is 9.97. The van der Waals surface area contributed by atoms with Gasteiger partial charge in [-0.25, -0.2) is 0 Å². The van der Waals surface area contributed by atoms with Crippen molar-refractivity contribution in [1.82, 2.24) is 5.32 Å². The van der Waals surface area contributed by atoms with E-state index in [1.165, 1.54) is 83.5 Å². The predicted molar refractivity (Wildman–Crippen MR) is 286 cm³/mol.